The van der Waals surface area contributed by atoms with Crippen molar-refractivity contribution in [2.75, 3.05) is 0 Å². The molecule has 0 unspecified atom stereocenters. The molecule has 6 heteroatoms. The Labute approximate surface area is 189 Å². The number of Topliss-reactive ketones (excluding diaryl/α,β-unsaturated/α-hetero) is 1. The van der Waals surface area contributed by atoms with Crippen LogP contribution in [0.5, 0.6) is 11.5 Å². The molecule has 0 saturated carbocycles. The predicted octanol–water partition coefficient (Wildman–Crippen LogP) is 4.98. The number of rotatable bonds is 3. The molecule has 0 aliphatic heterocycles. The number of ether oxygens (including phenoxy) is 2. The molecule has 0 amide bonds. The number of ketones is 1. The summed E-state index contributed by atoms with van der Waals surface area (Å²) in [5, 5.41) is 13.8. The van der Waals surface area contributed by atoms with Crippen LogP contribution in [0.4, 0.5) is 0 Å². The minimum absolute atomic E-state index is 0.102. The molecule has 4 aromatic carbocycles. The molecule has 4 aromatic rings. The smallest absolute Gasteiger partial charge is 0.338 e. The van der Waals surface area contributed by atoms with Crippen LogP contribution in [-0.4, -0.2) is 28.9 Å². The van der Waals surface area contributed by atoms with Gasteiger partial charge in [0.2, 0.25) is 5.78 Å². The lowest BCUT2D eigenvalue weighted by atomic mass is 9.85. The highest BCUT2D eigenvalue weighted by atomic mass is 16.5. The van der Waals surface area contributed by atoms with Gasteiger partial charge < -0.3 is 14.6 Å². The average Bonchev–Trinajstić information content (AvgIpc) is 2.80. The monoisotopic (exact) mass is 440 g/mol. The Kier molecular flexibility index (Phi) is 5.05. The third-order valence-corrected chi connectivity index (χ3v) is 5.89. The molecule has 164 valence electrons. The van der Waals surface area contributed by atoms with Gasteiger partial charge >= 0.3 is 11.9 Å². The van der Waals surface area contributed by atoms with E-state index in [0.717, 1.165) is 10.8 Å². The van der Waals surface area contributed by atoms with Crippen molar-refractivity contribution in [3.05, 3.63) is 83.4 Å². The zero-order valence-electron chi connectivity index (χ0n) is 17.8. The van der Waals surface area contributed by atoms with Crippen molar-refractivity contribution in [2.45, 2.75) is 25.9 Å². The van der Waals surface area contributed by atoms with Gasteiger partial charge in [-0.2, -0.15) is 0 Å². The van der Waals surface area contributed by atoms with Crippen LogP contribution in [0.25, 0.3) is 21.5 Å². The van der Waals surface area contributed by atoms with Gasteiger partial charge in [-0.15, -0.1) is 0 Å². The lowest BCUT2D eigenvalue weighted by Gasteiger charge is -2.25. The van der Waals surface area contributed by atoms with Gasteiger partial charge in [0, 0.05) is 6.92 Å². The summed E-state index contributed by atoms with van der Waals surface area (Å²) in [7, 11) is 0. The number of carbonyl (C=O) groups excluding carboxylic acids is 3. The van der Waals surface area contributed by atoms with Gasteiger partial charge in [-0.1, -0.05) is 48.5 Å². The minimum Gasteiger partial charge on any atom is -0.506 e. The van der Waals surface area contributed by atoms with Gasteiger partial charge in [-0.05, 0) is 52.8 Å². The van der Waals surface area contributed by atoms with Crippen molar-refractivity contribution in [1.82, 2.24) is 0 Å². The van der Waals surface area contributed by atoms with Gasteiger partial charge in [0.1, 0.15) is 11.5 Å². The Hall–Kier alpha value is -4.19. The molecular formula is C27H20O6. The number of carbonyl (C=O) groups is 3. The molecule has 0 heterocycles. The molecular weight excluding hydrogens is 420 g/mol. The lowest BCUT2D eigenvalue weighted by Crippen LogP contribution is -2.32. The van der Waals surface area contributed by atoms with E-state index >= 15 is 0 Å². The van der Waals surface area contributed by atoms with E-state index in [2.05, 4.69) is 0 Å². The molecule has 5 rings (SSSR count). The predicted molar refractivity (Wildman–Crippen MR) is 123 cm³/mol. The standard InChI is InChI=1S/C27H20O6/c1-15(28)32-21-8-4-7-18-14-19-11-12-22(25(29)24(19)26(30)23(18)21)33-27(31)20-10-9-16-5-2-3-6-17(16)13-20/h2-10,13-14,22,30H,11-12H2,1H3/t22-/m0/s1. The Morgan fingerprint density at radius 3 is 2.48 bits per heavy atom. The number of hydrogen-bond donors (Lipinski definition) is 1. The summed E-state index contributed by atoms with van der Waals surface area (Å²) in [5.74, 6) is -1.70. The normalized spacial score (nSPS) is 15.3. The second kappa shape index (κ2) is 8.06. The fourth-order valence-electron chi connectivity index (χ4n) is 4.38. The highest BCUT2D eigenvalue weighted by Crippen LogP contribution is 2.41. The summed E-state index contributed by atoms with van der Waals surface area (Å²) < 4.78 is 10.8. The largest absolute Gasteiger partial charge is 0.506 e. The maximum atomic E-state index is 13.2. The maximum absolute atomic E-state index is 13.2. The average molecular weight is 440 g/mol. The summed E-state index contributed by atoms with van der Waals surface area (Å²) in [6.07, 6.45) is -0.238. The summed E-state index contributed by atoms with van der Waals surface area (Å²) in [4.78, 5) is 37.5. The molecule has 33 heavy (non-hydrogen) atoms. The molecule has 1 atom stereocenters. The molecule has 0 aromatic heterocycles. The van der Waals surface area contributed by atoms with Crippen LogP contribution in [0, 0.1) is 0 Å². The zero-order chi connectivity index (χ0) is 23.1. The number of fused-ring (bicyclic) bond motifs is 3. The number of aromatic hydroxyl groups is 1. The molecule has 0 radical (unpaired) electrons. The van der Waals surface area contributed by atoms with Crippen molar-refractivity contribution in [1.29, 1.82) is 0 Å². The Balaban J connectivity index is 1.47. The highest BCUT2D eigenvalue weighted by Gasteiger charge is 2.34. The van der Waals surface area contributed by atoms with E-state index < -0.39 is 23.8 Å². The third-order valence-electron chi connectivity index (χ3n) is 5.89. The molecule has 0 saturated heterocycles. The maximum Gasteiger partial charge on any atom is 0.338 e. The fourth-order valence-corrected chi connectivity index (χ4v) is 4.38. The first-order valence-corrected chi connectivity index (χ1v) is 10.6. The van der Waals surface area contributed by atoms with E-state index in [9.17, 15) is 19.5 Å². The molecule has 1 aliphatic rings. The van der Waals surface area contributed by atoms with Crippen LogP contribution in [0.3, 0.4) is 0 Å². The van der Waals surface area contributed by atoms with E-state index in [4.69, 9.17) is 9.47 Å². The summed E-state index contributed by atoms with van der Waals surface area (Å²) in [6, 6.07) is 19.7. The summed E-state index contributed by atoms with van der Waals surface area (Å²) in [5.41, 5.74) is 1.12. The van der Waals surface area contributed by atoms with Gasteiger partial charge in [-0.3, -0.25) is 9.59 Å². The second-order valence-electron chi connectivity index (χ2n) is 8.07. The number of aryl methyl sites for hydroxylation is 1. The summed E-state index contributed by atoms with van der Waals surface area (Å²) in [6.45, 7) is 1.27. The van der Waals surface area contributed by atoms with E-state index in [1.54, 1.807) is 36.4 Å². The van der Waals surface area contributed by atoms with Crippen molar-refractivity contribution >= 4 is 39.3 Å². The highest BCUT2D eigenvalue weighted by molar-refractivity contribution is 6.11. The van der Waals surface area contributed by atoms with Gasteiger partial charge in [-0.25, -0.2) is 4.79 Å². The number of hydrogen-bond acceptors (Lipinski definition) is 6. The van der Waals surface area contributed by atoms with Crippen LogP contribution >= 0.6 is 0 Å². The van der Waals surface area contributed by atoms with E-state index in [1.165, 1.54) is 6.92 Å². The molecule has 0 spiro atoms. The first kappa shape index (κ1) is 20.7. The van der Waals surface area contributed by atoms with E-state index in [1.807, 2.05) is 30.3 Å². The first-order chi connectivity index (χ1) is 15.9. The quantitative estimate of drug-likeness (QED) is 0.357. The lowest BCUT2D eigenvalue weighted by molar-refractivity contribution is -0.131. The van der Waals surface area contributed by atoms with Crippen molar-refractivity contribution in [3.8, 4) is 11.5 Å². The second-order valence-corrected chi connectivity index (χ2v) is 8.07. The van der Waals surface area contributed by atoms with Gasteiger partial charge in [0.15, 0.2) is 6.10 Å². The van der Waals surface area contributed by atoms with Crippen LogP contribution in [-0.2, 0) is 16.0 Å². The zero-order valence-corrected chi connectivity index (χ0v) is 17.8. The minimum atomic E-state index is -1.01. The number of benzene rings is 4. The molecule has 0 fully saturated rings. The number of phenolic OH excluding ortho intramolecular Hbond substituents is 1. The SMILES string of the molecule is CC(=O)Oc1cccc2cc3c(c(O)c12)C(=O)[C@@H](OC(=O)c1ccc2ccccc2c1)CC3. The van der Waals surface area contributed by atoms with Gasteiger partial charge in [0.25, 0.3) is 0 Å². The topological polar surface area (TPSA) is 89.9 Å². The molecule has 0 bridgehead atoms. The molecule has 6 nitrogen and oxygen atoms in total. The number of esters is 2. The van der Waals surface area contributed by atoms with Crippen LogP contribution in [0.2, 0.25) is 0 Å². The van der Waals surface area contributed by atoms with Crippen LogP contribution in [0.15, 0.2) is 66.7 Å². The summed E-state index contributed by atoms with van der Waals surface area (Å²) >= 11 is 0. The van der Waals surface area contributed by atoms with E-state index in [-0.39, 0.29) is 22.4 Å². The Bertz CT molecular complexity index is 1450. The molecule has 1 aliphatic carbocycles. The molecule has 1 N–H and O–H groups in total. The van der Waals surface area contributed by atoms with Crippen molar-refractivity contribution < 1.29 is 29.0 Å². The Morgan fingerprint density at radius 2 is 1.70 bits per heavy atom. The third kappa shape index (κ3) is 3.69. The van der Waals surface area contributed by atoms with Crippen LogP contribution < -0.4 is 4.74 Å². The first-order valence-electron chi connectivity index (χ1n) is 10.6. The van der Waals surface area contributed by atoms with Crippen LogP contribution in [0.1, 0.15) is 39.6 Å². The fraction of sp³-hybridized carbons (Fsp3) is 0.148. The van der Waals surface area contributed by atoms with Crippen molar-refractivity contribution in [2.24, 2.45) is 0 Å². The van der Waals surface area contributed by atoms with Crippen molar-refractivity contribution in [3.63, 3.8) is 0 Å². The number of phenols is 1. The Morgan fingerprint density at radius 1 is 0.939 bits per heavy atom. The van der Waals surface area contributed by atoms with E-state index in [0.29, 0.717) is 29.4 Å². The van der Waals surface area contributed by atoms with Gasteiger partial charge in [0.05, 0.1) is 16.5 Å².